The zero-order chi connectivity index (χ0) is 15.1. The second-order valence-electron chi connectivity index (χ2n) is 5.84. The molecule has 2 atom stereocenters. The topological polar surface area (TPSA) is 68.9 Å². The standard InChI is InChI=1S/C16H16N6/c1-11-4-6-19-16(20-11)21-9-13-7-14(10-21)22(13)15-12(8-17)3-2-5-18-15/h2-6,13-14H,7,9-10H2,1H3. The Morgan fingerprint density at radius 1 is 1.18 bits per heavy atom. The summed E-state index contributed by atoms with van der Waals surface area (Å²) in [4.78, 5) is 17.8. The van der Waals surface area contributed by atoms with Gasteiger partial charge in [0, 0.05) is 31.2 Å². The van der Waals surface area contributed by atoms with Gasteiger partial charge in [0.15, 0.2) is 0 Å². The summed E-state index contributed by atoms with van der Waals surface area (Å²) in [5.74, 6) is 1.62. The number of nitriles is 1. The Labute approximate surface area is 129 Å². The molecule has 0 saturated carbocycles. The number of anilines is 2. The average molecular weight is 292 g/mol. The molecular weight excluding hydrogens is 276 g/mol. The quantitative estimate of drug-likeness (QED) is 0.836. The van der Waals surface area contributed by atoms with E-state index >= 15 is 0 Å². The molecule has 0 spiro atoms. The lowest BCUT2D eigenvalue weighted by Gasteiger charge is -2.57. The lowest BCUT2D eigenvalue weighted by molar-refractivity contribution is 0.286. The fraction of sp³-hybridized carbons (Fsp3) is 0.375. The molecule has 0 aliphatic carbocycles. The summed E-state index contributed by atoms with van der Waals surface area (Å²) in [6.45, 7) is 3.73. The zero-order valence-electron chi connectivity index (χ0n) is 12.3. The van der Waals surface area contributed by atoms with E-state index in [4.69, 9.17) is 0 Å². The predicted molar refractivity (Wildman–Crippen MR) is 82.6 cm³/mol. The summed E-state index contributed by atoms with van der Waals surface area (Å²) >= 11 is 0. The minimum absolute atomic E-state index is 0.380. The number of pyridine rings is 1. The first-order chi connectivity index (χ1) is 10.8. The maximum absolute atomic E-state index is 9.26. The molecule has 3 saturated heterocycles. The predicted octanol–water partition coefficient (Wildman–Crippen LogP) is 1.52. The van der Waals surface area contributed by atoms with Crippen LogP contribution in [0.15, 0.2) is 30.6 Å². The third-order valence-corrected chi connectivity index (χ3v) is 4.41. The van der Waals surface area contributed by atoms with Gasteiger partial charge in [-0.3, -0.25) is 0 Å². The van der Waals surface area contributed by atoms with Crippen molar-refractivity contribution in [2.45, 2.75) is 25.4 Å². The van der Waals surface area contributed by atoms with Crippen molar-refractivity contribution in [3.05, 3.63) is 41.9 Å². The SMILES string of the molecule is Cc1ccnc(N2CC3CC(C2)N3c2ncccc2C#N)n1. The Bertz CT molecular complexity index is 740. The third kappa shape index (κ3) is 1.98. The van der Waals surface area contributed by atoms with Crippen LogP contribution in [0.25, 0.3) is 0 Å². The molecule has 0 N–H and O–H groups in total. The van der Waals surface area contributed by atoms with Crippen LogP contribution in [0.3, 0.4) is 0 Å². The molecule has 5 rings (SSSR count). The lowest BCUT2D eigenvalue weighted by Crippen LogP contribution is -2.69. The molecule has 2 aromatic heterocycles. The Kier molecular flexibility index (Phi) is 2.93. The molecule has 2 aromatic rings. The molecular formula is C16H16N6. The van der Waals surface area contributed by atoms with E-state index in [9.17, 15) is 5.26 Å². The second-order valence-corrected chi connectivity index (χ2v) is 5.84. The van der Waals surface area contributed by atoms with E-state index in [0.717, 1.165) is 37.0 Å². The van der Waals surface area contributed by atoms with Crippen LogP contribution in [0.5, 0.6) is 0 Å². The van der Waals surface area contributed by atoms with Gasteiger partial charge < -0.3 is 9.80 Å². The number of aromatic nitrogens is 3. The highest BCUT2D eigenvalue weighted by Crippen LogP contribution is 2.38. The van der Waals surface area contributed by atoms with E-state index in [1.165, 1.54) is 0 Å². The van der Waals surface area contributed by atoms with Gasteiger partial charge in [-0.1, -0.05) is 0 Å². The highest BCUT2D eigenvalue weighted by molar-refractivity contribution is 5.59. The molecule has 0 amide bonds. The van der Waals surface area contributed by atoms with Gasteiger partial charge in [0.25, 0.3) is 0 Å². The molecule has 5 heterocycles. The maximum Gasteiger partial charge on any atom is 0.225 e. The van der Waals surface area contributed by atoms with E-state index in [0.29, 0.717) is 17.6 Å². The van der Waals surface area contributed by atoms with Crippen molar-refractivity contribution in [2.75, 3.05) is 22.9 Å². The number of piperazine rings is 1. The monoisotopic (exact) mass is 292 g/mol. The average Bonchev–Trinajstić information content (AvgIpc) is 2.55. The van der Waals surface area contributed by atoms with E-state index in [1.807, 2.05) is 31.3 Å². The van der Waals surface area contributed by atoms with Crippen molar-refractivity contribution in [1.82, 2.24) is 15.0 Å². The van der Waals surface area contributed by atoms with Gasteiger partial charge in [0.05, 0.1) is 17.6 Å². The molecule has 3 aliphatic rings. The van der Waals surface area contributed by atoms with Gasteiger partial charge in [-0.05, 0) is 31.5 Å². The van der Waals surface area contributed by atoms with Crippen molar-refractivity contribution in [3.63, 3.8) is 0 Å². The van der Waals surface area contributed by atoms with Crippen LogP contribution >= 0.6 is 0 Å². The van der Waals surface area contributed by atoms with Gasteiger partial charge in [0.2, 0.25) is 5.95 Å². The van der Waals surface area contributed by atoms with E-state index in [-0.39, 0.29) is 0 Å². The van der Waals surface area contributed by atoms with Crippen molar-refractivity contribution in [2.24, 2.45) is 0 Å². The number of hydrogen-bond donors (Lipinski definition) is 0. The van der Waals surface area contributed by atoms with Crippen LogP contribution < -0.4 is 9.80 Å². The molecule has 110 valence electrons. The smallest absolute Gasteiger partial charge is 0.225 e. The van der Waals surface area contributed by atoms with E-state index < -0.39 is 0 Å². The van der Waals surface area contributed by atoms with E-state index in [2.05, 4.69) is 30.8 Å². The molecule has 6 nitrogen and oxygen atoms in total. The minimum atomic E-state index is 0.380. The first kappa shape index (κ1) is 13.0. The van der Waals surface area contributed by atoms with Crippen LogP contribution in [-0.2, 0) is 0 Å². The fourth-order valence-electron chi connectivity index (χ4n) is 3.40. The van der Waals surface area contributed by atoms with Crippen LogP contribution in [0.4, 0.5) is 11.8 Å². The fourth-order valence-corrected chi connectivity index (χ4v) is 3.40. The normalized spacial score (nSPS) is 22.9. The summed E-state index contributed by atoms with van der Waals surface area (Å²) in [6.07, 6.45) is 4.71. The molecule has 3 fully saturated rings. The van der Waals surface area contributed by atoms with Crippen molar-refractivity contribution >= 4 is 11.8 Å². The summed E-state index contributed by atoms with van der Waals surface area (Å²) in [5.41, 5.74) is 1.63. The van der Waals surface area contributed by atoms with Gasteiger partial charge in [-0.25, -0.2) is 15.0 Å². The Morgan fingerprint density at radius 3 is 2.73 bits per heavy atom. The summed E-state index contributed by atoms with van der Waals surface area (Å²) in [5, 5.41) is 9.26. The van der Waals surface area contributed by atoms with Crippen LogP contribution in [0, 0.1) is 18.3 Å². The number of nitrogens with zero attached hydrogens (tertiary/aromatic N) is 6. The van der Waals surface area contributed by atoms with E-state index in [1.54, 1.807) is 6.20 Å². The Balaban J connectivity index is 1.57. The molecule has 2 unspecified atom stereocenters. The second kappa shape index (κ2) is 4.95. The minimum Gasteiger partial charge on any atom is -0.346 e. The van der Waals surface area contributed by atoms with Crippen LogP contribution in [0.2, 0.25) is 0 Å². The molecule has 0 radical (unpaired) electrons. The number of rotatable bonds is 2. The zero-order valence-corrected chi connectivity index (χ0v) is 12.3. The summed E-state index contributed by atoms with van der Waals surface area (Å²) in [7, 11) is 0. The maximum atomic E-state index is 9.26. The Hall–Kier alpha value is -2.68. The van der Waals surface area contributed by atoms with Crippen LogP contribution in [0.1, 0.15) is 17.7 Å². The van der Waals surface area contributed by atoms with Crippen molar-refractivity contribution < 1.29 is 0 Å². The first-order valence-electron chi connectivity index (χ1n) is 7.44. The molecule has 2 bridgehead atoms. The van der Waals surface area contributed by atoms with Gasteiger partial charge >= 0.3 is 0 Å². The van der Waals surface area contributed by atoms with Gasteiger partial charge in [-0.2, -0.15) is 5.26 Å². The molecule has 22 heavy (non-hydrogen) atoms. The third-order valence-electron chi connectivity index (χ3n) is 4.41. The largest absolute Gasteiger partial charge is 0.346 e. The number of aryl methyl sites for hydroxylation is 1. The van der Waals surface area contributed by atoms with Crippen LogP contribution in [-0.4, -0.2) is 40.1 Å². The molecule has 6 heteroatoms. The van der Waals surface area contributed by atoms with Crippen molar-refractivity contribution in [3.8, 4) is 6.07 Å². The van der Waals surface area contributed by atoms with Crippen molar-refractivity contribution in [1.29, 1.82) is 5.26 Å². The molecule has 3 aliphatic heterocycles. The lowest BCUT2D eigenvalue weighted by atomic mass is 9.87. The summed E-state index contributed by atoms with van der Waals surface area (Å²) in [6, 6.07) is 8.55. The number of fused-ring (bicyclic) bond motifs is 2. The first-order valence-corrected chi connectivity index (χ1v) is 7.44. The Morgan fingerprint density at radius 2 is 2.00 bits per heavy atom. The number of piperidine rings is 1. The summed E-state index contributed by atoms with van der Waals surface area (Å²) < 4.78 is 0. The number of hydrogen-bond acceptors (Lipinski definition) is 6. The molecule has 0 aromatic carbocycles. The van der Waals surface area contributed by atoms with Gasteiger partial charge in [-0.15, -0.1) is 0 Å². The van der Waals surface area contributed by atoms with Gasteiger partial charge in [0.1, 0.15) is 11.9 Å². The highest BCUT2D eigenvalue weighted by atomic mass is 15.4. The highest BCUT2D eigenvalue weighted by Gasteiger charge is 2.46.